The zero-order valence-electron chi connectivity index (χ0n) is 9.69. The molecule has 1 rings (SSSR count). The molecule has 0 fully saturated rings. The van der Waals surface area contributed by atoms with E-state index in [0.717, 1.165) is 16.9 Å². The third kappa shape index (κ3) is 3.38. The molecule has 1 aromatic rings. The molecule has 0 N–H and O–H groups in total. The first-order chi connectivity index (χ1) is 7.69. The molecule has 84 valence electrons. The SMILES string of the molecule is C=C(C(=O)Sc1ccccc1)/C(=C\C)CC. The molecular weight excluding hydrogens is 216 g/mol. The van der Waals surface area contributed by atoms with Gasteiger partial charge in [-0.15, -0.1) is 0 Å². The molecule has 0 bridgehead atoms. The summed E-state index contributed by atoms with van der Waals surface area (Å²) in [6, 6.07) is 9.64. The van der Waals surface area contributed by atoms with E-state index >= 15 is 0 Å². The molecule has 0 radical (unpaired) electrons. The molecule has 0 aliphatic heterocycles. The first-order valence-corrected chi connectivity index (χ1v) is 6.12. The second kappa shape index (κ2) is 6.33. The predicted molar refractivity (Wildman–Crippen MR) is 70.5 cm³/mol. The van der Waals surface area contributed by atoms with Crippen molar-refractivity contribution in [2.75, 3.05) is 0 Å². The predicted octanol–water partition coefficient (Wildman–Crippen LogP) is 4.22. The number of allylic oxidation sites excluding steroid dienone is 2. The van der Waals surface area contributed by atoms with Crippen molar-refractivity contribution in [1.82, 2.24) is 0 Å². The highest BCUT2D eigenvalue weighted by atomic mass is 32.2. The quantitative estimate of drug-likeness (QED) is 0.439. The lowest BCUT2D eigenvalue weighted by Crippen LogP contribution is -1.98. The first kappa shape index (κ1) is 12.8. The van der Waals surface area contributed by atoms with Gasteiger partial charge in [0.05, 0.1) is 0 Å². The van der Waals surface area contributed by atoms with Crippen LogP contribution in [0, 0.1) is 0 Å². The summed E-state index contributed by atoms with van der Waals surface area (Å²) < 4.78 is 0. The zero-order chi connectivity index (χ0) is 12.0. The smallest absolute Gasteiger partial charge is 0.223 e. The Bertz CT molecular complexity index is 404. The fraction of sp³-hybridized carbons (Fsp3) is 0.214. The van der Waals surface area contributed by atoms with Crippen LogP contribution in [-0.4, -0.2) is 5.12 Å². The summed E-state index contributed by atoms with van der Waals surface area (Å²) in [4.78, 5) is 12.9. The minimum absolute atomic E-state index is 0.0288. The fourth-order valence-corrected chi connectivity index (χ4v) is 2.14. The van der Waals surface area contributed by atoms with Crippen LogP contribution in [0.4, 0.5) is 0 Å². The van der Waals surface area contributed by atoms with Crippen molar-refractivity contribution < 1.29 is 4.79 Å². The molecule has 1 aromatic carbocycles. The van der Waals surface area contributed by atoms with Gasteiger partial charge in [0.25, 0.3) is 0 Å². The van der Waals surface area contributed by atoms with Crippen LogP contribution in [0.3, 0.4) is 0 Å². The van der Waals surface area contributed by atoms with Gasteiger partial charge in [0.1, 0.15) is 0 Å². The zero-order valence-corrected chi connectivity index (χ0v) is 10.5. The summed E-state index contributed by atoms with van der Waals surface area (Å²) >= 11 is 1.23. The van der Waals surface area contributed by atoms with E-state index in [2.05, 4.69) is 6.58 Å². The van der Waals surface area contributed by atoms with Crippen molar-refractivity contribution in [1.29, 1.82) is 0 Å². The highest BCUT2D eigenvalue weighted by molar-refractivity contribution is 8.14. The van der Waals surface area contributed by atoms with Crippen LogP contribution >= 0.6 is 11.8 Å². The first-order valence-electron chi connectivity index (χ1n) is 5.30. The van der Waals surface area contributed by atoms with Gasteiger partial charge in [-0.3, -0.25) is 4.79 Å². The van der Waals surface area contributed by atoms with E-state index in [4.69, 9.17) is 0 Å². The molecule has 1 nitrogen and oxygen atoms in total. The minimum Gasteiger partial charge on any atom is -0.281 e. The molecule has 0 aliphatic carbocycles. The van der Waals surface area contributed by atoms with Gasteiger partial charge in [-0.25, -0.2) is 0 Å². The van der Waals surface area contributed by atoms with E-state index in [9.17, 15) is 4.79 Å². The number of hydrogen-bond acceptors (Lipinski definition) is 2. The van der Waals surface area contributed by atoms with Crippen molar-refractivity contribution in [3.63, 3.8) is 0 Å². The van der Waals surface area contributed by atoms with E-state index in [0.29, 0.717) is 5.57 Å². The molecule has 0 spiro atoms. The highest BCUT2D eigenvalue weighted by Crippen LogP contribution is 2.25. The summed E-state index contributed by atoms with van der Waals surface area (Å²) in [5.74, 6) is 0. The monoisotopic (exact) mass is 232 g/mol. The number of carbonyl (C=O) groups excluding carboxylic acids is 1. The third-order valence-corrected chi connectivity index (χ3v) is 3.26. The van der Waals surface area contributed by atoms with E-state index < -0.39 is 0 Å². The van der Waals surface area contributed by atoms with Crippen LogP contribution in [0.1, 0.15) is 20.3 Å². The molecule has 0 amide bonds. The Morgan fingerprint density at radius 2 is 2.00 bits per heavy atom. The van der Waals surface area contributed by atoms with Crippen molar-refractivity contribution in [2.24, 2.45) is 0 Å². The van der Waals surface area contributed by atoms with Gasteiger partial charge in [-0.1, -0.05) is 37.8 Å². The van der Waals surface area contributed by atoms with E-state index in [1.54, 1.807) is 0 Å². The van der Waals surface area contributed by atoms with Crippen molar-refractivity contribution in [3.05, 3.63) is 54.1 Å². The molecule has 2 heteroatoms. The average Bonchev–Trinajstić information content (AvgIpc) is 2.31. The lowest BCUT2D eigenvalue weighted by molar-refractivity contribution is -0.107. The summed E-state index contributed by atoms with van der Waals surface area (Å²) in [5.41, 5.74) is 1.63. The van der Waals surface area contributed by atoms with Gasteiger partial charge < -0.3 is 0 Å². The second-order valence-electron chi connectivity index (χ2n) is 3.35. The van der Waals surface area contributed by atoms with Crippen molar-refractivity contribution in [2.45, 2.75) is 25.2 Å². The highest BCUT2D eigenvalue weighted by Gasteiger charge is 2.11. The van der Waals surface area contributed by atoms with E-state index in [1.807, 2.05) is 50.3 Å². The van der Waals surface area contributed by atoms with Gasteiger partial charge in [0.15, 0.2) is 0 Å². The Hall–Kier alpha value is -1.28. The molecule has 0 saturated heterocycles. The van der Waals surface area contributed by atoms with Gasteiger partial charge in [-0.2, -0.15) is 0 Å². The molecular formula is C14H16OS. The standard InChI is InChI=1S/C14H16OS/c1-4-12(5-2)11(3)14(15)16-13-9-7-6-8-10-13/h4,6-10H,3,5H2,1-2H3/b12-4-. The maximum Gasteiger partial charge on any atom is 0.223 e. The Labute approximate surface area is 101 Å². The Morgan fingerprint density at radius 1 is 1.38 bits per heavy atom. The number of hydrogen-bond donors (Lipinski definition) is 0. The van der Waals surface area contributed by atoms with E-state index in [-0.39, 0.29) is 5.12 Å². The van der Waals surface area contributed by atoms with Crippen LogP contribution < -0.4 is 0 Å². The molecule has 0 saturated carbocycles. The number of thioether (sulfide) groups is 1. The third-order valence-electron chi connectivity index (χ3n) is 2.32. The fourth-order valence-electron chi connectivity index (χ4n) is 1.38. The lowest BCUT2D eigenvalue weighted by Gasteiger charge is -2.06. The molecule has 0 aliphatic rings. The molecule has 16 heavy (non-hydrogen) atoms. The summed E-state index contributed by atoms with van der Waals surface area (Å²) in [6.45, 7) is 7.82. The maximum atomic E-state index is 11.9. The maximum absolute atomic E-state index is 11.9. The van der Waals surface area contributed by atoms with Gasteiger partial charge in [0.2, 0.25) is 5.12 Å². The van der Waals surface area contributed by atoms with Gasteiger partial charge in [-0.05, 0) is 42.8 Å². The number of carbonyl (C=O) groups is 1. The van der Waals surface area contributed by atoms with Crippen LogP contribution in [0.25, 0.3) is 0 Å². The van der Waals surface area contributed by atoms with Crippen molar-refractivity contribution >= 4 is 16.9 Å². The second-order valence-corrected chi connectivity index (χ2v) is 4.39. The molecule has 0 aromatic heterocycles. The van der Waals surface area contributed by atoms with Crippen LogP contribution in [0.5, 0.6) is 0 Å². The van der Waals surface area contributed by atoms with E-state index in [1.165, 1.54) is 11.8 Å². The molecule has 0 unspecified atom stereocenters. The summed E-state index contributed by atoms with van der Waals surface area (Å²) in [6.07, 6.45) is 2.79. The Morgan fingerprint density at radius 3 is 2.50 bits per heavy atom. The number of benzene rings is 1. The topological polar surface area (TPSA) is 17.1 Å². The molecule has 0 heterocycles. The summed E-state index contributed by atoms with van der Waals surface area (Å²) in [5, 5.41) is 0.0288. The van der Waals surface area contributed by atoms with Crippen LogP contribution in [0.2, 0.25) is 0 Å². The Balaban J connectivity index is 2.70. The minimum atomic E-state index is 0.0288. The lowest BCUT2D eigenvalue weighted by atomic mass is 10.1. The van der Waals surface area contributed by atoms with Gasteiger partial charge in [0, 0.05) is 10.5 Å². The van der Waals surface area contributed by atoms with Crippen LogP contribution in [0.15, 0.2) is 59.0 Å². The normalized spacial score (nSPS) is 11.2. The van der Waals surface area contributed by atoms with Crippen molar-refractivity contribution in [3.8, 4) is 0 Å². The van der Waals surface area contributed by atoms with Crippen LogP contribution in [-0.2, 0) is 4.79 Å². The largest absolute Gasteiger partial charge is 0.281 e. The molecule has 0 atom stereocenters. The average molecular weight is 232 g/mol. The van der Waals surface area contributed by atoms with Gasteiger partial charge >= 0.3 is 0 Å². The Kier molecular flexibility index (Phi) is 5.06. The summed E-state index contributed by atoms with van der Waals surface area (Å²) in [7, 11) is 0. The number of rotatable bonds is 4.